The lowest BCUT2D eigenvalue weighted by atomic mass is 10.00. The summed E-state index contributed by atoms with van der Waals surface area (Å²) in [5, 5.41) is 3.23. The molecular weight excluding hydrogens is 528 g/mol. The smallest absolute Gasteiger partial charge is 0.328 e. The molecule has 0 fully saturated rings. The van der Waals surface area contributed by atoms with Gasteiger partial charge in [0.15, 0.2) is 5.78 Å². The molecule has 7 nitrogen and oxygen atoms in total. The van der Waals surface area contributed by atoms with E-state index >= 15 is 0 Å². The minimum Gasteiger partial charge on any atom is -0.492 e. The number of hydrogen-bond acceptors (Lipinski definition) is 6. The molecule has 0 aliphatic heterocycles. The Kier molecular flexibility index (Phi) is 10.5. The predicted molar refractivity (Wildman–Crippen MR) is 165 cm³/mol. The molecule has 7 heteroatoms. The molecular formula is C35H36N2O5. The Bertz CT molecular complexity index is 1470. The van der Waals surface area contributed by atoms with Crippen molar-refractivity contribution in [3.8, 4) is 5.75 Å². The molecule has 4 aromatic rings. The van der Waals surface area contributed by atoms with Crippen LogP contribution in [0.5, 0.6) is 5.75 Å². The highest BCUT2D eigenvalue weighted by Gasteiger charge is 2.23. The summed E-state index contributed by atoms with van der Waals surface area (Å²) >= 11 is 0. The van der Waals surface area contributed by atoms with Gasteiger partial charge in [0, 0.05) is 34.8 Å². The molecule has 1 amide bonds. The van der Waals surface area contributed by atoms with Crippen LogP contribution in [0.2, 0.25) is 0 Å². The van der Waals surface area contributed by atoms with E-state index in [-0.39, 0.29) is 17.6 Å². The third-order valence-corrected chi connectivity index (χ3v) is 6.80. The maximum Gasteiger partial charge on any atom is 0.328 e. The monoisotopic (exact) mass is 564 g/mol. The highest BCUT2D eigenvalue weighted by Crippen LogP contribution is 2.23. The van der Waals surface area contributed by atoms with Crippen molar-refractivity contribution < 1.29 is 23.9 Å². The summed E-state index contributed by atoms with van der Waals surface area (Å²) in [5.41, 5.74) is 3.32. The van der Waals surface area contributed by atoms with Crippen LogP contribution in [0.25, 0.3) is 0 Å². The van der Waals surface area contributed by atoms with Gasteiger partial charge >= 0.3 is 5.97 Å². The van der Waals surface area contributed by atoms with Crippen molar-refractivity contribution >= 4 is 29.0 Å². The van der Waals surface area contributed by atoms with E-state index in [9.17, 15) is 14.4 Å². The molecule has 216 valence electrons. The Morgan fingerprint density at radius 1 is 0.786 bits per heavy atom. The van der Waals surface area contributed by atoms with Crippen molar-refractivity contribution in [2.75, 3.05) is 30.5 Å². The zero-order valence-electron chi connectivity index (χ0n) is 24.2. The molecule has 1 atom stereocenters. The molecule has 0 saturated heterocycles. The first-order valence-electron chi connectivity index (χ1n) is 14.0. The maximum atomic E-state index is 13.2. The number of carbonyl (C=O) groups is 3. The third kappa shape index (κ3) is 7.85. The average molecular weight is 565 g/mol. The van der Waals surface area contributed by atoms with Crippen LogP contribution < -0.4 is 15.0 Å². The van der Waals surface area contributed by atoms with Gasteiger partial charge in [0.2, 0.25) is 5.91 Å². The number of ether oxygens (including phenoxy) is 2. The zero-order valence-corrected chi connectivity index (χ0v) is 24.2. The fourth-order valence-electron chi connectivity index (χ4n) is 4.57. The molecule has 1 N–H and O–H groups in total. The lowest BCUT2D eigenvalue weighted by Gasteiger charge is -2.24. The number of hydrogen-bond donors (Lipinski definition) is 1. The van der Waals surface area contributed by atoms with E-state index in [1.54, 1.807) is 35.2 Å². The molecule has 0 radical (unpaired) electrons. The molecule has 0 bridgehead atoms. The number of para-hydroxylation sites is 2. The fourth-order valence-corrected chi connectivity index (χ4v) is 4.57. The summed E-state index contributed by atoms with van der Waals surface area (Å²) < 4.78 is 11.0. The number of benzene rings is 4. The molecule has 0 heterocycles. The number of nitrogens with zero attached hydrogens (tertiary/aromatic N) is 1. The van der Waals surface area contributed by atoms with Crippen LogP contribution in [0.15, 0.2) is 109 Å². The van der Waals surface area contributed by atoms with Gasteiger partial charge < -0.3 is 19.7 Å². The van der Waals surface area contributed by atoms with Crippen molar-refractivity contribution in [3.05, 3.63) is 126 Å². The predicted octanol–water partition coefficient (Wildman–Crippen LogP) is 6.18. The van der Waals surface area contributed by atoms with E-state index in [2.05, 4.69) is 5.32 Å². The summed E-state index contributed by atoms with van der Waals surface area (Å²) in [6, 6.07) is 32.5. The molecule has 4 rings (SSSR count). The Hall–Kier alpha value is -4.91. The molecule has 0 unspecified atom stereocenters. The van der Waals surface area contributed by atoms with Gasteiger partial charge in [-0.15, -0.1) is 0 Å². The summed E-state index contributed by atoms with van der Waals surface area (Å²) in [7, 11) is 1.34. The average Bonchev–Trinajstić information content (AvgIpc) is 3.03. The standard InChI is InChI=1S/C35H36N2O5/c1-25(2)34(39)37(28-14-8-5-9-15-28)22-23-42-29-20-18-26(19-21-29)24-32(35(40)41-3)36-31-17-11-10-16-30(31)33(38)27-12-6-4-7-13-27/h4-21,25,32,36H,22-24H2,1-3H3/t32-/m0/s1. The second kappa shape index (κ2) is 14.6. The van der Waals surface area contributed by atoms with Gasteiger partial charge in [0.1, 0.15) is 18.4 Å². The number of rotatable bonds is 13. The van der Waals surface area contributed by atoms with E-state index < -0.39 is 12.0 Å². The highest BCUT2D eigenvalue weighted by atomic mass is 16.5. The topological polar surface area (TPSA) is 84.9 Å². The number of carbonyl (C=O) groups excluding carboxylic acids is 3. The number of esters is 1. The lowest BCUT2D eigenvalue weighted by Crippen LogP contribution is -2.37. The Labute approximate surface area is 247 Å². The van der Waals surface area contributed by atoms with Gasteiger partial charge in [-0.25, -0.2) is 4.79 Å². The molecule has 0 aromatic heterocycles. The van der Waals surface area contributed by atoms with Gasteiger partial charge in [-0.2, -0.15) is 0 Å². The van der Waals surface area contributed by atoms with Crippen molar-refractivity contribution in [1.82, 2.24) is 0 Å². The summed E-state index contributed by atoms with van der Waals surface area (Å²) in [4.78, 5) is 40.4. The SMILES string of the molecule is COC(=O)[C@H](Cc1ccc(OCCN(C(=O)C(C)C)c2ccccc2)cc1)Nc1ccccc1C(=O)c1ccccc1. The number of anilines is 2. The van der Waals surface area contributed by atoms with E-state index in [1.165, 1.54) is 7.11 Å². The van der Waals surface area contributed by atoms with Crippen LogP contribution in [0.1, 0.15) is 35.3 Å². The Morgan fingerprint density at radius 3 is 2.05 bits per heavy atom. The van der Waals surface area contributed by atoms with Gasteiger partial charge in [-0.05, 0) is 42.0 Å². The van der Waals surface area contributed by atoms with Gasteiger partial charge in [-0.3, -0.25) is 9.59 Å². The third-order valence-electron chi connectivity index (χ3n) is 6.80. The van der Waals surface area contributed by atoms with Crippen LogP contribution >= 0.6 is 0 Å². The quantitative estimate of drug-likeness (QED) is 0.154. The molecule has 0 aliphatic carbocycles. The van der Waals surface area contributed by atoms with Crippen LogP contribution in [-0.4, -0.2) is 44.0 Å². The highest BCUT2D eigenvalue weighted by molar-refractivity contribution is 6.12. The lowest BCUT2D eigenvalue weighted by molar-refractivity contribution is -0.141. The van der Waals surface area contributed by atoms with Crippen molar-refractivity contribution in [2.45, 2.75) is 26.3 Å². The molecule has 4 aromatic carbocycles. The number of ketones is 1. The van der Waals surface area contributed by atoms with Crippen LogP contribution in [-0.2, 0) is 20.7 Å². The normalized spacial score (nSPS) is 11.4. The zero-order chi connectivity index (χ0) is 29.9. The minimum absolute atomic E-state index is 0.0357. The summed E-state index contributed by atoms with van der Waals surface area (Å²) in [6.07, 6.45) is 0.339. The van der Waals surface area contributed by atoms with E-state index in [1.807, 2.05) is 92.7 Å². The first-order chi connectivity index (χ1) is 20.4. The van der Waals surface area contributed by atoms with Gasteiger partial charge in [0.05, 0.1) is 13.7 Å². The van der Waals surface area contributed by atoms with Gasteiger partial charge in [0.25, 0.3) is 0 Å². The largest absolute Gasteiger partial charge is 0.492 e. The molecule has 42 heavy (non-hydrogen) atoms. The van der Waals surface area contributed by atoms with Crippen molar-refractivity contribution in [2.24, 2.45) is 5.92 Å². The van der Waals surface area contributed by atoms with Crippen LogP contribution in [0, 0.1) is 5.92 Å². The fraction of sp³-hybridized carbons (Fsp3) is 0.229. The van der Waals surface area contributed by atoms with E-state index in [4.69, 9.17) is 9.47 Å². The van der Waals surface area contributed by atoms with Crippen molar-refractivity contribution in [1.29, 1.82) is 0 Å². The second-order valence-corrected chi connectivity index (χ2v) is 10.1. The Balaban J connectivity index is 1.41. The number of amides is 1. The summed E-state index contributed by atoms with van der Waals surface area (Å²) in [5.74, 6) is -0.0131. The second-order valence-electron chi connectivity index (χ2n) is 10.1. The van der Waals surface area contributed by atoms with Crippen molar-refractivity contribution in [3.63, 3.8) is 0 Å². The number of methoxy groups -OCH3 is 1. The molecule has 0 saturated carbocycles. The van der Waals surface area contributed by atoms with E-state index in [0.717, 1.165) is 11.3 Å². The first-order valence-corrected chi connectivity index (χ1v) is 14.0. The first kappa shape index (κ1) is 30.1. The molecule has 0 spiro atoms. The molecule has 0 aliphatic rings. The van der Waals surface area contributed by atoms with Gasteiger partial charge in [-0.1, -0.05) is 86.6 Å². The maximum absolute atomic E-state index is 13.2. The minimum atomic E-state index is -0.715. The Morgan fingerprint density at radius 2 is 1.40 bits per heavy atom. The van der Waals surface area contributed by atoms with E-state index in [0.29, 0.717) is 42.1 Å². The van der Waals surface area contributed by atoms with Crippen LogP contribution in [0.4, 0.5) is 11.4 Å². The summed E-state index contributed by atoms with van der Waals surface area (Å²) in [6.45, 7) is 4.51. The number of nitrogens with one attached hydrogen (secondary N) is 1. The van der Waals surface area contributed by atoms with Crippen LogP contribution in [0.3, 0.4) is 0 Å².